The van der Waals surface area contributed by atoms with Crippen molar-refractivity contribution in [3.63, 3.8) is 0 Å². The van der Waals surface area contributed by atoms with Gasteiger partial charge in [-0.1, -0.05) is 24.3 Å². The number of dihydropyridines is 1. The molecule has 196 valence electrons. The summed E-state index contributed by atoms with van der Waals surface area (Å²) in [5.41, 5.74) is 3.51. The number of anilines is 1. The molecule has 10 heteroatoms. The van der Waals surface area contributed by atoms with E-state index in [1.54, 1.807) is 19.9 Å². The number of non-ortho nitro benzene ring substituents is 1. The van der Waals surface area contributed by atoms with Crippen LogP contribution in [0.25, 0.3) is 0 Å². The van der Waals surface area contributed by atoms with E-state index < -0.39 is 22.8 Å². The lowest BCUT2D eigenvalue weighted by molar-refractivity contribution is -0.384. The minimum Gasteiger partial charge on any atom is -0.466 e. The minimum atomic E-state index is -0.898. The van der Waals surface area contributed by atoms with Gasteiger partial charge in [-0.05, 0) is 43.5 Å². The highest BCUT2D eigenvalue weighted by Gasteiger charge is 2.38. The predicted molar refractivity (Wildman–Crippen MR) is 138 cm³/mol. The molecule has 0 bridgehead atoms. The summed E-state index contributed by atoms with van der Waals surface area (Å²) in [4.78, 5) is 36.9. The fourth-order valence-corrected chi connectivity index (χ4v) is 4.24. The van der Waals surface area contributed by atoms with E-state index in [4.69, 9.17) is 14.6 Å². The van der Waals surface area contributed by atoms with Crippen LogP contribution in [0.3, 0.4) is 0 Å². The first-order chi connectivity index (χ1) is 17.8. The molecule has 0 amide bonds. The largest absolute Gasteiger partial charge is 0.466 e. The van der Waals surface area contributed by atoms with Gasteiger partial charge in [-0.3, -0.25) is 10.1 Å². The van der Waals surface area contributed by atoms with Gasteiger partial charge in [-0.15, -0.1) is 0 Å². The molecule has 37 heavy (non-hydrogen) atoms. The Labute approximate surface area is 215 Å². The number of carbonyl (C=O) groups is 2. The number of hydrogen-bond donors (Lipinski definition) is 3. The van der Waals surface area contributed by atoms with Crippen LogP contribution in [0.15, 0.2) is 71.1 Å². The fraction of sp³-hybridized carbons (Fsp3) is 0.333. The zero-order valence-electron chi connectivity index (χ0n) is 21.1. The van der Waals surface area contributed by atoms with Crippen molar-refractivity contribution in [1.82, 2.24) is 5.32 Å². The SMILES string of the molecule is COC(=O)C1=C(C)NC(C)=C(C(=O)OCCc2ccc(NCCCO)cc2)C1c1cccc([N+](=O)[O-])c1. The van der Waals surface area contributed by atoms with E-state index >= 15 is 0 Å². The molecule has 0 saturated heterocycles. The smallest absolute Gasteiger partial charge is 0.336 e. The number of carbonyl (C=O) groups excluding carboxylic acids is 2. The molecule has 0 aromatic heterocycles. The monoisotopic (exact) mass is 509 g/mol. The van der Waals surface area contributed by atoms with Gasteiger partial charge in [0, 0.05) is 48.8 Å². The number of aliphatic hydroxyl groups excluding tert-OH is 1. The molecule has 0 radical (unpaired) electrons. The highest BCUT2D eigenvalue weighted by Crippen LogP contribution is 2.40. The quantitative estimate of drug-likeness (QED) is 0.179. The summed E-state index contributed by atoms with van der Waals surface area (Å²) in [5.74, 6) is -2.17. The number of methoxy groups -OCH3 is 1. The zero-order chi connectivity index (χ0) is 26.9. The molecule has 1 unspecified atom stereocenters. The molecule has 3 rings (SSSR count). The second-order valence-corrected chi connectivity index (χ2v) is 8.57. The molecule has 3 N–H and O–H groups in total. The van der Waals surface area contributed by atoms with Crippen molar-refractivity contribution in [2.45, 2.75) is 32.6 Å². The lowest BCUT2D eigenvalue weighted by Gasteiger charge is -2.30. The number of esters is 2. The molecular weight excluding hydrogens is 478 g/mol. The molecule has 1 aliphatic heterocycles. The highest BCUT2D eigenvalue weighted by atomic mass is 16.6. The maximum Gasteiger partial charge on any atom is 0.336 e. The number of ether oxygens (including phenoxy) is 2. The van der Waals surface area contributed by atoms with Crippen molar-refractivity contribution < 1.29 is 29.1 Å². The van der Waals surface area contributed by atoms with Gasteiger partial charge >= 0.3 is 11.9 Å². The summed E-state index contributed by atoms with van der Waals surface area (Å²) >= 11 is 0. The van der Waals surface area contributed by atoms with E-state index in [2.05, 4.69) is 10.6 Å². The number of nitrogens with zero attached hydrogens (tertiary/aromatic N) is 1. The molecule has 2 aromatic carbocycles. The Hall–Kier alpha value is -4.18. The van der Waals surface area contributed by atoms with Crippen LogP contribution in [0.4, 0.5) is 11.4 Å². The number of allylic oxidation sites excluding steroid dienone is 2. The Balaban J connectivity index is 1.80. The van der Waals surface area contributed by atoms with Crippen molar-refractivity contribution in [3.8, 4) is 0 Å². The summed E-state index contributed by atoms with van der Waals surface area (Å²) in [6, 6.07) is 13.5. The number of hydrogen-bond acceptors (Lipinski definition) is 9. The average molecular weight is 510 g/mol. The molecule has 1 aliphatic rings. The number of nitro groups is 1. The van der Waals surface area contributed by atoms with Crippen molar-refractivity contribution in [3.05, 3.63) is 92.3 Å². The third-order valence-electron chi connectivity index (χ3n) is 6.04. The van der Waals surface area contributed by atoms with Gasteiger partial charge in [0.05, 0.1) is 35.7 Å². The van der Waals surface area contributed by atoms with Gasteiger partial charge in [-0.25, -0.2) is 9.59 Å². The van der Waals surface area contributed by atoms with Crippen LogP contribution in [0.1, 0.15) is 37.3 Å². The molecule has 0 saturated carbocycles. The van der Waals surface area contributed by atoms with Gasteiger partial charge in [0.1, 0.15) is 0 Å². The molecule has 1 atom stereocenters. The topological polar surface area (TPSA) is 140 Å². The third kappa shape index (κ3) is 6.73. The Morgan fingerprint density at radius 3 is 2.38 bits per heavy atom. The van der Waals surface area contributed by atoms with E-state index in [1.807, 2.05) is 24.3 Å². The Morgan fingerprint density at radius 2 is 1.76 bits per heavy atom. The number of benzene rings is 2. The normalized spacial score (nSPS) is 15.2. The lowest BCUT2D eigenvalue weighted by atomic mass is 9.80. The van der Waals surface area contributed by atoms with E-state index in [0.717, 1.165) is 11.3 Å². The molecule has 0 fully saturated rings. The maximum absolute atomic E-state index is 13.3. The van der Waals surface area contributed by atoms with Crippen LogP contribution >= 0.6 is 0 Å². The Kier molecular flexibility index (Phi) is 9.39. The van der Waals surface area contributed by atoms with Gasteiger partial charge in [0.2, 0.25) is 0 Å². The third-order valence-corrected chi connectivity index (χ3v) is 6.04. The van der Waals surface area contributed by atoms with Gasteiger partial charge in [0.25, 0.3) is 5.69 Å². The van der Waals surface area contributed by atoms with Gasteiger partial charge in [-0.2, -0.15) is 0 Å². The van der Waals surface area contributed by atoms with E-state index in [1.165, 1.54) is 25.3 Å². The van der Waals surface area contributed by atoms with E-state index in [0.29, 0.717) is 36.3 Å². The molecular formula is C27H31N3O7. The Bertz CT molecular complexity index is 1220. The summed E-state index contributed by atoms with van der Waals surface area (Å²) in [6.45, 7) is 4.28. The van der Waals surface area contributed by atoms with Crippen LogP contribution < -0.4 is 10.6 Å². The summed E-state index contributed by atoms with van der Waals surface area (Å²) < 4.78 is 10.6. The molecule has 1 heterocycles. The lowest BCUT2D eigenvalue weighted by Crippen LogP contribution is -2.32. The van der Waals surface area contributed by atoms with Crippen LogP contribution in [0, 0.1) is 10.1 Å². The van der Waals surface area contributed by atoms with E-state index in [9.17, 15) is 19.7 Å². The number of aliphatic hydroxyl groups is 1. The number of nitro benzene ring substituents is 1. The number of rotatable bonds is 11. The minimum absolute atomic E-state index is 0.102. The molecule has 10 nitrogen and oxygen atoms in total. The summed E-state index contributed by atoms with van der Waals surface area (Å²) in [7, 11) is 1.24. The van der Waals surface area contributed by atoms with E-state index in [-0.39, 0.29) is 30.0 Å². The molecule has 0 spiro atoms. The second-order valence-electron chi connectivity index (χ2n) is 8.57. The van der Waals surface area contributed by atoms with Crippen LogP contribution in [-0.4, -0.2) is 48.8 Å². The van der Waals surface area contributed by atoms with Gasteiger partial charge < -0.3 is 25.2 Å². The molecule has 0 aliphatic carbocycles. The average Bonchev–Trinajstić information content (AvgIpc) is 2.88. The summed E-state index contributed by atoms with van der Waals surface area (Å²) in [5, 5.41) is 26.5. The predicted octanol–water partition coefficient (Wildman–Crippen LogP) is 3.58. The number of nitrogens with one attached hydrogen (secondary N) is 2. The van der Waals surface area contributed by atoms with Crippen LogP contribution in [0.5, 0.6) is 0 Å². The first kappa shape index (κ1) is 27.4. The first-order valence-corrected chi connectivity index (χ1v) is 11.9. The highest BCUT2D eigenvalue weighted by molar-refractivity contribution is 5.99. The van der Waals surface area contributed by atoms with Crippen molar-refractivity contribution in [2.75, 3.05) is 32.2 Å². The maximum atomic E-state index is 13.3. The van der Waals surface area contributed by atoms with Crippen molar-refractivity contribution >= 4 is 23.3 Å². The van der Waals surface area contributed by atoms with Crippen LogP contribution in [0.2, 0.25) is 0 Å². The fourth-order valence-electron chi connectivity index (χ4n) is 4.24. The van der Waals surface area contributed by atoms with Crippen molar-refractivity contribution in [2.24, 2.45) is 0 Å². The zero-order valence-corrected chi connectivity index (χ0v) is 21.1. The van der Waals surface area contributed by atoms with Gasteiger partial charge in [0.15, 0.2) is 0 Å². The first-order valence-electron chi connectivity index (χ1n) is 11.9. The second kappa shape index (κ2) is 12.7. The standard InChI is InChI=1S/C27H31N3O7/c1-17-23(26(32)36-3)25(20-6-4-7-22(16-20)30(34)35)24(18(2)29-17)27(33)37-15-12-19-8-10-21(11-9-19)28-13-5-14-31/h4,6-11,16,25,28-29,31H,5,12-15H2,1-3H3. The van der Waals surface area contributed by atoms with Crippen LogP contribution in [-0.2, 0) is 25.5 Å². The summed E-state index contributed by atoms with van der Waals surface area (Å²) in [6.07, 6.45) is 1.13. The molecule has 2 aromatic rings. The van der Waals surface area contributed by atoms with Crippen molar-refractivity contribution in [1.29, 1.82) is 0 Å². The Morgan fingerprint density at radius 1 is 1.08 bits per heavy atom.